The molecule has 3 rings (SSSR count). The zero-order valence-electron chi connectivity index (χ0n) is 16.7. The van der Waals surface area contributed by atoms with Crippen molar-refractivity contribution in [3.8, 4) is 0 Å². The summed E-state index contributed by atoms with van der Waals surface area (Å²) >= 11 is 0. The number of hydrogen-bond acceptors (Lipinski definition) is 5. The molecule has 0 radical (unpaired) electrons. The lowest BCUT2D eigenvalue weighted by Crippen LogP contribution is -2.54. The fraction of sp³-hybridized carbons (Fsp3) is 0.227. The largest absolute Gasteiger partial charge is 0.467 e. The zero-order chi connectivity index (χ0) is 21.6. The van der Waals surface area contributed by atoms with Crippen LogP contribution in [0.25, 0.3) is 0 Å². The van der Waals surface area contributed by atoms with Crippen LogP contribution in [-0.2, 0) is 17.9 Å². The van der Waals surface area contributed by atoms with Gasteiger partial charge in [0.25, 0.3) is 11.8 Å². The first-order valence-corrected chi connectivity index (χ1v) is 9.39. The average Bonchev–Trinajstić information content (AvgIpc) is 3.43. The highest BCUT2D eigenvalue weighted by atomic mass is 16.3. The lowest BCUT2D eigenvalue weighted by Gasteiger charge is -2.25. The van der Waals surface area contributed by atoms with Crippen molar-refractivity contribution in [2.45, 2.75) is 32.5 Å². The molecular formula is C22H23N3O5. The van der Waals surface area contributed by atoms with Crippen LogP contribution in [0, 0.1) is 0 Å². The Morgan fingerprint density at radius 2 is 1.30 bits per heavy atom. The van der Waals surface area contributed by atoms with Crippen molar-refractivity contribution < 1.29 is 23.2 Å². The third-order valence-corrected chi connectivity index (χ3v) is 4.42. The van der Waals surface area contributed by atoms with Crippen LogP contribution in [0.3, 0.4) is 0 Å². The Labute approximate surface area is 173 Å². The summed E-state index contributed by atoms with van der Waals surface area (Å²) < 4.78 is 10.4. The number of carbonyl (C=O) groups is 3. The van der Waals surface area contributed by atoms with E-state index >= 15 is 0 Å². The molecule has 0 aliphatic carbocycles. The zero-order valence-corrected chi connectivity index (χ0v) is 16.7. The summed E-state index contributed by atoms with van der Waals surface area (Å²) in [6.07, 6.45) is 3.03. The van der Waals surface area contributed by atoms with E-state index in [0.29, 0.717) is 11.5 Å². The van der Waals surface area contributed by atoms with E-state index in [1.54, 1.807) is 56.3 Å². The second-order valence-corrected chi connectivity index (χ2v) is 7.15. The topological polar surface area (TPSA) is 114 Å². The molecule has 1 aromatic carbocycles. The van der Waals surface area contributed by atoms with Crippen LogP contribution in [0.5, 0.6) is 0 Å². The van der Waals surface area contributed by atoms with E-state index < -0.39 is 17.4 Å². The molecule has 0 atom stereocenters. The smallest absolute Gasteiger partial charge is 0.252 e. The first kappa shape index (κ1) is 20.9. The van der Waals surface area contributed by atoms with Gasteiger partial charge >= 0.3 is 0 Å². The van der Waals surface area contributed by atoms with Crippen molar-refractivity contribution in [2.24, 2.45) is 0 Å². The lowest BCUT2D eigenvalue weighted by molar-refractivity contribution is -0.126. The quantitative estimate of drug-likeness (QED) is 0.529. The average molecular weight is 409 g/mol. The number of amides is 3. The molecule has 3 amide bonds. The van der Waals surface area contributed by atoms with Crippen molar-refractivity contribution in [1.82, 2.24) is 16.0 Å². The molecule has 0 saturated carbocycles. The van der Waals surface area contributed by atoms with Gasteiger partial charge in [-0.2, -0.15) is 0 Å². The standard InChI is InChI=1S/C22H23N3O5/c1-22(2,21(28)24-14-16-8-6-12-30-16)25-20(27)18-10-4-3-9-17(18)19(26)23-13-15-7-5-11-29-15/h3-12H,13-14H2,1-2H3,(H,23,26)(H,24,28)(H,25,27). The van der Waals surface area contributed by atoms with Crippen molar-refractivity contribution in [3.63, 3.8) is 0 Å². The summed E-state index contributed by atoms with van der Waals surface area (Å²) in [7, 11) is 0. The van der Waals surface area contributed by atoms with Crippen molar-refractivity contribution in [3.05, 3.63) is 83.7 Å². The summed E-state index contributed by atoms with van der Waals surface area (Å²) in [5.74, 6) is -0.134. The number of furan rings is 2. The van der Waals surface area contributed by atoms with Crippen LogP contribution in [0.4, 0.5) is 0 Å². The van der Waals surface area contributed by atoms with Gasteiger partial charge in [0, 0.05) is 0 Å². The molecule has 8 heteroatoms. The summed E-state index contributed by atoms with van der Waals surface area (Å²) in [5.41, 5.74) is -0.837. The monoisotopic (exact) mass is 409 g/mol. The van der Waals surface area contributed by atoms with Crippen molar-refractivity contribution >= 4 is 17.7 Å². The molecule has 0 aliphatic rings. The summed E-state index contributed by atoms with van der Waals surface area (Å²) in [6.45, 7) is 3.57. The van der Waals surface area contributed by atoms with Crippen LogP contribution < -0.4 is 16.0 Å². The van der Waals surface area contributed by atoms with E-state index in [0.717, 1.165) is 0 Å². The summed E-state index contributed by atoms with van der Waals surface area (Å²) in [4.78, 5) is 37.9. The van der Waals surface area contributed by atoms with Crippen molar-refractivity contribution in [1.29, 1.82) is 0 Å². The maximum atomic E-state index is 12.8. The van der Waals surface area contributed by atoms with Gasteiger partial charge in [-0.15, -0.1) is 0 Å². The fourth-order valence-electron chi connectivity index (χ4n) is 2.76. The van der Waals surface area contributed by atoms with E-state index in [2.05, 4.69) is 16.0 Å². The molecule has 156 valence electrons. The molecule has 0 bridgehead atoms. The summed E-state index contributed by atoms with van der Waals surface area (Å²) in [5, 5.41) is 8.12. The Balaban J connectivity index is 1.65. The Bertz CT molecular complexity index is 1010. The number of rotatable bonds is 8. The Hall–Kier alpha value is -3.81. The highest BCUT2D eigenvalue weighted by molar-refractivity contribution is 6.08. The van der Waals surface area contributed by atoms with Gasteiger partial charge in [-0.1, -0.05) is 12.1 Å². The summed E-state index contributed by atoms with van der Waals surface area (Å²) in [6, 6.07) is 13.3. The van der Waals surface area contributed by atoms with Crippen LogP contribution in [0.15, 0.2) is 69.9 Å². The van der Waals surface area contributed by atoms with Gasteiger partial charge in [0.05, 0.1) is 36.7 Å². The number of carbonyl (C=O) groups excluding carboxylic acids is 3. The number of benzene rings is 1. The molecule has 0 unspecified atom stereocenters. The molecule has 0 aliphatic heterocycles. The molecule has 3 aromatic rings. The second-order valence-electron chi connectivity index (χ2n) is 7.15. The Morgan fingerprint density at radius 1 is 0.767 bits per heavy atom. The highest BCUT2D eigenvalue weighted by Gasteiger charge is 2.31. The second kappa shape index (κ2) is 9.13. The van der Waals surface area contributed by atoms with E-state index in [1.807, 2.05) is 0 Å². The third kappa shape index (κ3) is 5.16. The molecule has 0 saturated heterocycles. The molecule has 3 N–H and O–H groups in total. The van der Waals surface area contributed by atoms with Crippen LogP contribution >= 0.6 is 0 Å². The normalized spacial score (nSPS) is 11.0. The van der Waals surface area contributed by atoms with Crippen LogP contribution in [0.2, 0.25) is 0 Å². The Morgan fingerprint density at radius 3 is 1.83 bits per heavy atom. The molecular weight excluding hydrogens is 386 g/mol. The van der Waals surface area contributed by atoms with E-state index in [-0.39, 0.29) is 30.1 Å². The van der Waals surface area contributed by atoms with Gasteiger partial charge in [-0.3, -0.25) is 14.4 Å². The molecule has 0 fully saturated rings. The maximum Gasteiger partial charge on any atom is 0.252 e. The minimum absolute atomic E-state index is 0.168. The van der Waals surface area contributed by atoms with Crippen molar-refractivity contribution in [2.75, 3.05) is 0 Å². The van der Waals surface area contributed by atoms with Gasteiger partial charge in [0.2, 0.25) is 5.91 Å². The maximum absolute atomic E-state index is 12.8. The minimum atomic E-state index is -1.21. The first-order valence-electron chi connectivity index (χ1n) is 9.39. The van der Waals surface area contributed by atoms with Gasteiger partial charge in [-0.05, 0) is 50.2 Å². The molecule has 8 nitrogen and oxygen atoms in total. The van der Waals surface area contributed by atoms with E-state index in [1.165, 1.54) is 18.6 Å². The Kier molecular flexibility index (Phi) is 6.36. The number of hydrogen-bond donors (Lipinski definition) is 3. The highest BCUT2D eigenvalue weighted by Crippen LogP contribution is 2.13. The molecule has 0 spiro atoms. The van der Waals surface area contributed by atoms with Crippen LogP contribution in [-0.4, -0.2) is 23.3 Å². The van der Waals surface area contributed by atoms with Gasteiger partial charge < -0.3 is 24.8 Å². The molecule has 2 heterocycles. The molecule has 2 aromatic heterocycles. The predicted molar refractivity (Wildman–Crippen MR) is 108 cm³/mol. The van der Waals surface area contributed by atoms with Crippen LogP contribution in [0.1, 0.15) is 46.1 Å². The van der Waals surface area contributed by atoms with E-state index in [4.69, 9.17) is 8.83 Å². The van der Waals surface area contributed by atoms with Gasteiger partial charge in [0.15, 0.2) is 0 Å². The lowest BCUT2D eigenvalue weighted by atomic mass is 10.0. The molecule has 30 heavy (non-hydrogen) atoms. The van der Waals surface area contributed by atoms with Gasteiger partial charge in [-0.25, -0.2) is 0 Å². The fourth-order valence-corrected chi connectivity index (χ4v) is 2.76. The predicted octanol–water partition coefficient (Wildman–Crippen LogP) is 2.63. The SMILES string of the molecule is CC(C)(NC(=O)c1ccccc1C(=O)NCc1ccco1)C(=O)NCc1ccco1. The van der Waals surface area contributed by atoms with E-state index in [9.17, 15) is 14.4 Å². The van der Waals surface area contributed by atoms with Gasteiger partial charge in [0.1, 0.15) is 17.1 Å². The first-order chi connectivity index (χ1) is 14.4. The number of nitrogens with one attached hydrogen (secondary N) is 3. The third-order valence-electron chi connectivity index (χ3n) is 4.42. The minimum Gasteiger partial charge on any atom is -0.467 e.